The van der Waals surface area contributed by atoms with Crippen molar-refractivity contribution in [3.63, 3.8) is 0 Å². The molecule has 34 heavy (non-hydrogen) atoms. The highest BCUT2D eigenvalue weighted by Gasteiger charge is 2.28. The lowest BCUT2D eigenvalue weighted by molar-refractivity contribution is 0.0966. The standard InChI is InChI=1S/C28H24ClN3O2/c1-18-9-14-22(23(29)16-18)28(34)31(2)21-12-10-19(11-13-21)27(33)26-25-8-5-15-32(25)17-20-6-3-4-7-24(20)30-26/h3-16,26,30H,17H2,1-2H3. The van der Waals surface area contributed by atoms with Gasteiger partial charge in [-0.1, -0.05) is 35.9 Å². The first-order valence-electron chi connectivity index (χ1n) is 11.1. The Morgan fingerprint density at radius 3 is 2.53 bits per heavy atom. The number of aromatic nitrogens is 1. The van der Waals surface area contributed by atoms with Crippen molar-refractivity contribution in [2.45, 2.75) is 19.5 Å². The summed E-state index contributed by atoms with van der Waals surface area (Å²) in [6, 6.07) is 24.0. The van der Waals surface area contributed by atoms with Gasteiger partial charge in [0.2, 0.25) is 0 Å². The van der Waals surface area contributed by atoms with E-state index in [0.717, 1.165) is 22.5 Å². The smallest absolute Gasteiger partial charge is 0.259 e. The molecule has 0 spiro atoms. The van der Waals surface area contributed by atoms with E-state index in [1.54, 1.807) is 43.4 Å². The number of nitrogens with zero attached hydrogens (tertiary/aromatic N) is 2. The van der Waals surface area contributed by atoms with Gasteiger partial charge in [-0.2, -0.15) is 0 Å². The van der Waals surface area contributed by atoms with Crippen LogP contribution in [0.3, 0.4) is 0 Å². The van der Waals surface area contributed by atoms with E-state index in [0.29, 0.717) is 28.4 Å². The molecule has 3 aromatic carbocycles. The average Bonchev–Trinajstić information content (AvgIpc) is 3.24. The van der Waals surface area contributed by atoms with E-state index in [-0.39, 0.29) is 11.7 Å². The zero-order valence-corrected chi connectivity index (χ0v) is 19.7. The van der Waals surface area contributed by atoms with Gasteiger partial charge in [-0.25, -0.2) is 0 Å². The van der Waals surface area contributed by atoms with Crippen LogP contribution in [0.25, 0.3) is 0 Å². The number of carbonyl (C=O) groups excluding carboxylic acids is 2. The minimum absolute atomic E-state index is 0.0289. The molecule has 0 saturated heterocycles. The predicted molar refractivity (Wildman–Crippen MR) is 136 cm³/mol. The van der Waals surface area contributed by atoms with Gasteiger partial charge in [0, 0.05) is 42.4 Å². The average molecular weight is 470 g/mol. The molecule has 0 aliphatic carbocycles. The molecule has 0 bridgehead atoms. The summed E-state index contributed by atoms with van der Waals surface area (Å²) in [6.45, 7) is 2.64. The number of hydrogen-bond acceptors (Lipinski definition) is 3. The van der Waals surface area contributed by atoms with Gasteiger partial charge in [-0.05, 0) is 72.6 Å². The molecule has 1 N–H and O–H groups in total. The molecule has 6 heteroatoms. The number of nitrogens with one attached hydrogen (secondary N) is 1. The first-order valence-corrected chi connectivity index (χ1v) is 11.5. The molecule has 0 radical (unpaired) electrons. The third-order valence-electron chi connectivity index (χ3n) is 6.28. The molecule has 5 rings (SSSR count). The summed E-state index contributed by atoms with van der Waals surface area (Å²) in [4.78, 5) is 28.1. The molecule has 1 atom stereocenters. The van der Waals surface area contributed by atoms with Gasteiger partial charge < -0.3 is 14.8 Å². The van der Waals surface area contributed by atoms with Gasteiger partial charge in [0.05, 0.1) is 10.6 Å². The van der Waals surface area contributed by atoms with Crippen LogP contribution in [0, 0.1) is 6.92 Å². The summed E-state index contributed by atoms with van der Waals surface area (Å²) in [7, 11) is 1.70. The summed E-state index contributed by atoms with van der Waals surface area (Å²) in [5.41, 5.74) is 5.71. The Bertz CT molecular complexity index is 1390. The SMILES string of the molecule is Cc1ccc(C(=O)N(C)c2ccc(C(=O)C3Nc4ccccc4Cn4cccc43)cc2)c(Cl)c1. The number of hydrogen-bond donors (Lipinski definition) is 1. The van der Waals surface area contributed by atoms with Crippen LogP contribution < -0.4 is 10.2 Å². The number of para-hydroxylation sites is 1. The first kappa shape index (κ1) is 22.0. The minimum Gasteiger partial charge on any atom is -0.370 e. The fourth-order valence-electron chi connectivity index (χ4n) is 4.35. The summed E-state index contributed by atoms with van der Waals surface area (Å²) >= 11 is 6.29. The lowest BCUT2D eigenvalue weighted by Gasteiger charge is -2.20. The number of aryl methyl sites for hydroxylation is 1. The van der Waals surface area contributed by atoms with Gasteiger partial charge >= 0.3 is 0 Å². The van der Waals surface area contributed by atoms with E-state index in [1.165, 1.54) is 4.90 Å². The first-order chi connectivity index (χ1) is 16.4. The summed E-state index contributed by atoms with van der Waals surface area (Å²) in [5, 5.41) is 3.86. The number of Topliss-reactive ketones (excluding diaryl/α,β-unsaturated/α-hetero) is 1. The Hall–Kier alpha value is -3.83. The maximum absolute atomic E-state index is 13.6. The Kier molecular flexibility index (Phi) is 5.72. The van der Waals surface area contributed by atoms with Crippen LogP contribution in [-0.2, 0) is 6.54 Å². The van der Waals surface area contributed by atoms with Crippen LogP contribution in [0.5, 0.6) is 0 Å². The largest absolute Gasteiger partial charge is 0.370 e. The van der Waals surface area contributed by atoms with Crippen molar-refractivity contribution in [1.29, 1.82) is 0 Å². The lowest BCUT2D eigenvalue weighted by atomic mass is 10.0. The highest BCUT2D eigenvalue weighted by atomic mass is 35.5. The quantitative estimate of drug-likeness (QED) is 0.366. The molecular weight excluding hydrogens is 446 g/mol. The van der Waals surface area contributed by atoms with Gasteiger partial charge in [0.25, 0.3) is 5.91 Å². The van der Waals surface area contributed by atoms with E-state index in [2.05, 4.69) is 16.0 Å². The monoisotopic (exact) mass is 469 g/mol. The minimum atomic E-state index is -0.504. The molecule has 4 aromatic rings. The molecule has 0 saturated carbocycles. The molecule has 1 amide bonds. The number of halogens is 1. The Morgan fingerprint density at radius 2 is 1.76 bits per heavy atom. The van der Waals surface area contributed by atoms with E-state index in [4.69, 9.17) is 11.6 Å². The molecule has 1 unspecified atom stereocenters. The molecule has 0 fully saturated rings. The van der Waals surface area contributed by atoms with Crippen molar-refractivity contribution in [3.05, 3.63) is 118 Å². The highest BCUT2D eigenvalue weighted by Crippen LogP contribution is 2.31. The van der Waals surface area contributed by atoms with Gasteiger partial charge in [-0.15, -0.1) is 0 Å². The second-order valence-electron chi connectivity index (χ2n) is 8.55. The Labute approximate surface area is 203 Å². The number of fused-ring (bicyclic) bond motifs is 2. The normalized spacial score (nSPS) is 14.4. The molecule has 1 aliphatic heterocycles. The van der Waals surface area contributed by atoms with E-state index >= 15 is 0 Å². The van der Waals surface area contributed by atoms with Crippen LogP contribution in [-0.4, -0.2) is 23.3 Å². The van der Waals surface area contributed by atoms with Crippen molar-refractivity contribution >= 4 is 34.7 Å². The van der Waals surface area contributed by atoms with Crippen molar-refractivity contribution in [1.82, 2.24) is 4.57 Å². The van der Waals surface area contributed by atoms with Crippen LogP contribution >= 0.6 is 11.6 Å². The van der Waals surface area contributed by atoms with Gasteiger partial charge in [-0.3, -0.25) is 9.59 Å². The maximum atomic E-state index is 13.6. The zero-order valence-electron chi connectivity index (χ0n) is 19.0. The second kappa shape index (κ2) is 8.84. The van der Waals surface area contributed by atoms with E-state index in [1.807, 2.05) is 49.5 Å². The predicted octanol–water partition coefficient (Wildman–Crippen LogP) is 6.12. The molecule has 170 valence electrons. The van der Waals surface area contributed by atoms with Crippen molar-refractivity contribution in [3.8, 4) is 0 Å². The number of ketones is 1. The molecule has 5 nitrogen and oxygen atoms in total. The van der Waals surface area contributed by atoms with E-state index < -0.39 is 6.04 Å². The third-order valence-corrected chi connectivity index (χ3v) is 6.59. The van der Waals surface area contributed by atoms with Crippen molar-refractivity contribution < 1.29 is 9.59 Å². The molecule has 1 aliphatic rings. The number of benzene rings is 3. The molecule has 2 heterocycles. The summed E-state index contributed by atoms with van der Waals surface area (Å²) in [5.74, 6) is -0.234. The van der Waals surface area contributed by atoms with Crippen LogP contribution in [0.15, 0.2) is 85.1 Å². The van der Waals surface area contributed by atoms with Gasteiger partial charge in [0.15, 0.2) is 5.78 Å². The Morgan fingerprint density at radius 1 is 1.00 bits per heavy atom. The topological polar surface area (TPSA) is 54.3 Å². The number of amides is 1. The fourth-order valence-corrected chi connectivity index (χ4v) is 4.67. The number of carbonyl (C=O) groups is 2. The molecular formula is C28H24ClN3O2. The molecule has 1 aromatic heterocycles. The van der Waals surface area contributed by atoms with Crippen molar-refractivity contribution in [2.24, 2.45) is 0 Å². The number of anilines is 2. The number of rotatable bonds is 4. The van der Waals surface area contributed by atoms with Crippen molar-refractivity contribution in [2.75, 3.05) is 17.3 Å². The summed E-state index contributed by atoms with van der Waals surface area (Å²) in [6.07, 6.45) is 2.00. The third kappa shape index (κ3) is 3.99. The van der Waals surface area contributed by atoms with Gasteiger partial charge in [0.1, 0.15) is 6.04 Å². The van der Waals surface area contributed by atoms with E-state index in [9.17, 15) is 9.59 Å². The second-order valence-corrected chi connectivity index (χ2v) is 8.96. The zero-order chi connectivity index (χ0) is 23.8. The maximum Gasteiger partial charge on any atom is 0.259 e. The fraction of sp³-hybridized carbons (Fsp3) is 0.143. The highest BCUT2D eigenvalue weighted by molar-refractivity contribution is 6.34. The Balaban J connectivity index is 1.40. The van der Waals surface area contributed by atoms with Crippen LogP contribution in [0.1, 0.15) is 43.6 Å². The van der Waals surface area contributed by atoms with Crippen LogP contribution in [0.4, 0.5) is 11.4 Å². The summed E-state index contributed by atoms with van der Waals surface area (Å²) < 4.78 is 2.10. The lowest BCUT2D eigenvalue weighted by Crippen LogP contribution is -2.26. The van der Waals surface area contributed by atoms with Crippen LogP contribution in [0.2, 0.25) is 5.02 Å².